The zero-order chi connectivity index (χ0) is 16.2. The van der Waals surface area contributed by atoms with E-state index >= 15 is 0 Å². The van der Waals surface area contributed by atoms with Gasteiger partial charge < -0.3 is 14.8 Å². The number of hydrogen-bond donors (Lipinski definition) is 1. The van der Waals surface area contributed by atoms with Gasteiger partial charge in [-0.05, 0) is 30.2 Å². The molecule has 1 aliphatic rings. The summed E-state index contributed by atoms with van der Waals surface area (Å²) in [5, 5.41) is 2.96. The van der Waals surface area contributed by atoms with Crippen LogP contribution in [0.25, 0.3) is 0 Å². The van der Waals surface area contributed by atoms with Gasteiger partial charge in [0.1, 0.15) is 11.5 Å². The standard InChI is InChI=1S/C18H20N2O3/c1-22-15-8-7-14(17(11-15)23-2)12-19-18(21)20-10-9-13-5-3-4-6-16(13)20/h3-8,11H,9-10,12H2,1-2H3,(H,19,21). The van der Waals surface area contributed by atoms with Crippen molar-refractivity contribution >= 4 is 11.7 Å². The summed E-state index contributed by atoms with van der Waals surface area (Å²) in [6.45, 7) is 1.12. The molecule has 0 aromatic heterocycles. The van der Waals surface area contributed by atoms with Crippen LogP contribution in [0.1, 0.15) is 11.1 Å². The zero-order valence-corrected chi connectivity index (χ0v) is 13.3. The van der Waals surface area contributed by atoms with Gasteiger partial charge in [-0.2, -0.15) is 0 Å². The van der Waals surface area contributed by atoms with Gasteiger partial charge in [-0.1, -0.05) is 18.2 Å². The fraction of sp³-hybridized carbons (Fsp3) is 0.278. The Hall–Kier alpha value is -2.69. The number of carbonyl (C=O) groups is 1. The fourth-order valence-corrected chi connectivity index (χ4v) is 2.81. The van der Waals surface area contributed by atoms with Gasteiger partial charge in [0.25, 0.3) is 0 Å². The monoisotopic (exact) mass is 312 g/mol. The number of rotatable bonds is 4. The number of benzene rings is 2. The summed E-state index contributed by atoms with van der Waals surface area (Å²) in [7, 11) is 3.22. The van der Waals surface area contributed by atoms with Crippen molar-refractivity contribution in [2.45, 2.75) is 13.0 Å². The van der Waals surface area contributed by atoms with Crippen molar-refractivity contribution in [3.63, 3.8) is 0 Å². The van der Waals surface area contributed by atoms with Crippen molar-refractivity contribution in [2.24, 2.45) is 0 Å². The largest absolute Gasteiger partial charge is 0.497 e. The minimum atomic E-state index is -0.0900. The van der Waals surface area contributed by atoms with Crippen LogP contribution in [0, 0.1) is 0 Å². The van der Waals surface area contributed by atoms with E-state index in [2.05, 4.69) is 11.4 Å². The zero-order valence-electron chi connectivity index (χ0n) is 13.3. The summed E-state index contributed by atoms with van der Waals surface area (Å²) in [5.41, 5.74) is 3.12. The predicted octanol–water partition coefficient (Wildman–Crippen LogP) is 2.98. The van der Waals surface area contributed by atoms with E-state index in [4.69, 9.17) is 9.47 Å². The lowest BCUT2D eigenvalue weighted by Gasteiger charge is -2.19. The molecule has 0 saturated carbocycles. The first-order valence-corrected chi connectivity index (χ1v) is 7.57. The average molecular weight is 312 g/mol. The normalized spacial score (nSPS) is 12.7. The summed E-state index contributed by atoms with van der Waals surface area (Å²) in [5.74, 6) is 1.43. The molecule has 0 unspecified atom stereocenters. The number of nitrogens with zero attached hydrogens (tertiary/aromatic N) is 1. The molecule has 2 aromatic carbocycles. The minimum Gasteiger partial charge on any atom is -0.497 e. The molecule has 5 heteroatoms. The number of amides is 2. The fourth-order valence-electron chi connectivity index (χ4n) is 2.81. The number of nitrogens with one attached hydrogen (secondary N) is 1. The number of carbonyl (C=O) groups excluding carboxylic acids is 1. The first kappa shape index (κ1) is 15.2. The Morgan fingerprint density at radius 3 is 2.78 bits per heavy atom. The van der Waals surface area contributed by atoms with Gasteiger partial charge in [0.15, 0.2) is 0 Å². The summed E-state index contributed by atoms with van der Waals surface area (Å²) in [6.07, 6.45) is 0.898. The molecule has 0 aliphatic carbocycles. The number of methoxy groups -OCH3 is 2. The molecule has 0 fully saturated rings. The van der Waals surface area contributed by atoms with Gasteiger partial charge in [-0.3, -0.25) is 4.90 Å². The Bertz CT molecular complexity index is 715. The summed E-state index contributed by atoms with van der Waals surface area (Å²) >= 11 is 0. The van der Waals surface area contributed by atoms with Crippen LogP contribution < -0.4 is 19.7 Å². The van der Waals surface area contributed by atoms with E-state index < -0.39 is 0 Å². The van der Waals surface area contributed by atoms with Crippen LogP contribution in [0.3, 0.4) is 0 Å². The Kier molecular flexibility index (Phi) is 4.37. The van der Waals surface area contributed by atoms with Crippen LogP contribution in [0.15, 0.2) is 42.5 Å². The van der Waals surface area contributed by atoms with E-state index in [0.29, 0.717) is 18.8 Å². The van der Waals surface area contributed by atoms with Crippen molar-refractivity contribution in [3.8, 4) is 11.5 Å². The molecule has 2 aromatic rings. The van der Waals surface area contributed by atoms with Crippen molar-refractivity contribution in [3.05, 3.63) is 53.6 Å². The van der Waals surface area contributed by atoms with Crippen molar-refractivity contribution in [2.75, 3.05) is 25.7 Å². The van der Waals surface area contributed by atoms with Crippen molar-refractivity contribution in [1.29, 1.82) is 0 Å². The van der Waals surface area contributed by atoms with Crippen LogP contribution in [-0.2, 0) is 13.0 Å². The third kappa shape index (κ3) is 3.08. The minimum absolute atomic E-state index is 0.0900. The van der Waals surface area contributed by atoms with Gasteiger partial charge in [0.05, 0.1) is 14.2 Å². The molecule has 1 N–H and O–H groups in total. The highest BCUT2D eigenvalue weighted by Gasteiger charge is 2.23. The lowest BCUT2D eigenvalue weighted by atomic mass is 10.2. The number of fused-ring (bicyclic) bond motifs is 1. The van der Waals surface area contributed by atoms with Gasteiger partial charge in [-0.25, -0.2) is 4.79 Å². The maximum atomic E-state index is 12.5. The van der Waals surface area contributed by atoms with Crippen molar-refractivity contribution < 1.29 is 14.3 Å². The maximum Gasteiger partial charge on any atom is 0.322 e. The Labute approximate surface area is 135 Å². The first-order chi connectivity index (χ1) is 11.2. The third-order valence-corrected chi connectivity index (χ3v) is 4.06. The molecule has 0 bridgehead atoms. The number of urea groups is 1. The van der Waals surface area contributed by atoms with Gasteiger partial charge in [0, 0.05) is 30.4 Å². The molecule has 0 atom stereocenters. The van der Waals surface area contributed by atoms with Crippen molar-refractivity contribution in [1.82, 2.24) is 5.32 Å². The quantitative estimate of drug-likeness (QED) is 0.944. The second-order valence-corrected chi connectivity index (χ2v) is 5.37. The van der Waals surface area contributed by atoms with Crippen LogP contribution in [0.4, 0.5) is 10.5 Å². The predicted molar refractivity (Wildman–Crippen MR) is 89.3 cm³/mol. The van der Waals surface area contributed by atoms with Crippen LogP contribution >= 0.6 is 0 Å². The maximum absolute atomic E-state index is 12.5. The van der Waals surface area contributed by atoms with Gasteiger partial charge in [0.2, 0.25) is 0 Å². The Balaban J connectivity index is 1.68. The molecule has 0 radical (unpaired) electrons. The molecular formula is C18H20N2O3. The van der Waals surface area contributed by atoms with Crippen LogP contribution in [0.2, 0.25) is 0 Å². The van der Waals surface area contributed by atoms with Crippen LogP contribution in [-0.4, -0.2) is 26.8 Å². The molecule has 3 rings (SSSR count). The second-order valence-electron chi connectivity index (χ2n) is 5.37. The summed E-state index contributed by atoms with van der Waals surface area (Å²) in [4.78, 5) is 14.2. The molecule has 1 aliphatic heterocycles. The number of ether oxygens (including phenoxy) is 2. The summed E-state index contributed by atoms with van der Waals surface area (Å²) < 4.78 is 10.5. The third-order valence-electron chi connectivity index (χ3n) is 4.06. The van der Waals surface area contributed by atoms with E-state index in [1.165, 1.54) is 5.56 Å². The molecule has 0 saturated heterocycles. The highest BCUT2D eigenvalue weighted by molar-refractivity contribution is 5.94. The van der Waals surface area contributed by atoms with E-state index in [-0.39, 0.29) is 6.03 Å². The molecule has 23 heavy (non-hydrogen) atoms. The van der Waals surface area contributed by atoms with Crippen LogP contribution in [0.5, 0.6) is 11.5 Å². The molecule has 1 heterocycles. The highest BCUT2D eigenvalue weighted by Crippen LogP contribution is 2.28. The number of hydrogen-bond acceptors (Lipinski definition) is 3. The molecule has 120 valence electrons. The first-order valence-electron chi connectivity index (χ1n) is 7.57. The topological polar surface area (TPSA) is 50.8 Å². The molecule has 2 amide bonds. The lowest BCUT2D eigenvalue weighted by molar-refractivity contribution is 0.246. The van der Waals surface area contributed by atoms with Gasteiger partial charge in [-0.15, -0.1) is 0 Å². The number of anilines is 1. The number of para-hydroxylation sites is 1. The Morgan fingerprint density at radius 2 is 2.00 bits per heavy atom. The van der Waals surface area contributed by atoms with E-state index in [1.54, 1.807) is 19.1 Å². The van der Waals surface area contributed by atoms with E-state index in [0.717, 1.165) is 23.4 Å². The van der Waals surface area contributed by atoms with E-state index in [9.17, 15) is 4.79 Å². The van der Waals surface area contributed by atoms with Gasteiger partial charge >= 0.3 is 6.03 Å². The average Bonchev–Trinajstić information content (AvgIpc) is 3.03. The lowest BCUT2D eigenvalue weighted by Crippen LogP contribution is -2.38. The smallest absolute Gasteiger partial charge is 0.322 e. The molecule has 0 spiro atoms. The second kappa shape index (κ2) is 6.60. The Morgan fingerprint density at radius 1 is 1.17 bits per heavy atom. The molecular weight excluding hydrogens is 292 g/mol. The SMILES string of the molecule is COc1ccc(CNC(=O)N2CCc3ccccc32)c(OC)c1. The van der Waals surface area contributed by atoms with E-state index in [1.807, 2.05) is 36.4 Å². The highest BCUT2D eigenvalue weighted by atomic mass is 16.5. The molecule has 5 nitrogen and oxygen atoms in total. The summed E-state index contributed by atoms with van der Waals surface area (Å²) in [6, 6.07) is 13.5.